The van der Waals surface area contributed by atoms with E-state index in [0.717, 1.165) is 6.42 Å². The summed E-state index contributed by atoms with van der Waals surface area (Å²) in [6.07, 6.45) is 0.589. The van der Waals surface area contributed by atoms with Crippen molar-refractivity contribution in [2.24, 2.45) is 11.8 Å². The number of rotatable bonds is 7. The molecular formula is C13H25NO4. The lowest BCUT2D eigenvalue weighted by Gasteiger charge is -2.18. The predicted molar refractivity (Wildman–Crippen MR) is 69.2 cm³/mol. The van der Waals surface area contributed by atoms with Crippen molar-refractivity contribution in [3.8, 4) is 0 Å². The first-order valence-electron chi connectivity index (χ1n) is 6.36. The van der Waals surface area contributed by atoms with Gasteiger partial charge in [0, 0.05) is 6.54 Å². The lowest BCUT2D eigenvalue weighted by molar-refractivity contribution is -0.141. The molecule has 0 radical (unpaired) electrons. The second-order valence-corrected chi connectivity index (χ2v) is 5.11. The average molecular weight is 259 g/mol. The Balaban J connectivity index is 4.15. The highest BCUT2D eigenvalue weighted by molar-refractivity contribution is 5.70. The zero-order chi connectivity index (χ0) is 14.1. The number of hydrogen-bond acceptors (Lipinski definition) is 4. The summed E-state index contributed by atoms with van der Waals surface area (Å²) in [5, 5.41) is 2.68. The monoisotopic (exact) mass is 259 g/mol. The molecule has 106 valence electrons. The standard InChI is InChI=1S/C13H25NO4/c1-9(2)6-11(7-12(15)17-5)8-14-13(16)18-10(3)4/h9-11H,6-8H2,1-5H3,(H,14,16). The van der Waals surface area contributed by atoms with Crippen molar-refractivity contribution in [2.45, 2.75) is 46.6 Å². The number of methoxy groups -OCH3 is 1. The van der Waals surface area contributed by atoms with Crippen LogP contribution in [-0.2, 0) is 14.3 Å². The third kappa shape index (κ3) is 8.84. The Bertz CT molecular complexity index is 264. The van der Waals surface area contributed by atoms with Gasteiger partial charge in [0.15, 0.2) is 0 Å². The fraction of sp³-hybridized carbons (Fsp3) is 0.846. The Labute approximate surface area is 109 Å². The molecule has 0 spiro atoms. The van der Waals surface area contributed by atoms with E-state index < -0.39 is 6.09 Å². The van der Waals surface area contributed by atoms with E-state index in [9.17, 15) is 9.59 Å². The van der Waals surface area contributed by atoms with E-state index in [1.165, 1.54) is 7.11 Å². The zero-order valence-electron chi connectivity index (χ0n) is 12.0. The van der Waals surface area contributed by atoms with Crippen LogP contribution in [0.3, 0.4) is 0 Å². The van der Waals surface area contributed by atoms with Gasteiger partial charge in [-0.15, -0.1) is 0 Å². The molecule has 0 aliphatic heterocycles. The summed E-state index contributed by atoms with van der Waals surface area (Å²) in [6, 6.07) is 0. The Morgan fingerprint density at radius 1 is 1.17 bits per heavy atom. The number of carbonyl (C=O) groups is 2. The van der Waals surface area contributed by atoms with Crippen LogP contribution in [0.4, 0.5) is 4.79 Å². The molecule has 0 saturated heterocycles. The summed E-state index contributed by atoms with van der Waals surface area (Å²) in [5.41, 5.74) is 0. The molecule has 5 nitrogen and oxygen atoms in total. The highest BCUT2D eigenvalue weighted by Gasteiger charge is 2.17. The molecule has 0 bridgehead atoms. The first-order chi connectivity index (χ1) is 8.35. The van der Waals surface area contributed by atoms with Crippen molar-refractivity contribution in [3.05, 3.63) is 0 Å². The average Bonchev–Trinajstić information content (AvgIpc) is 2.24. The zero-order valence-corrected chi connectivity index (χ0v) is 12.0. The number of hydrogen-bond donors (Lipinski definition) is 1. The molecule has 5 heteroatoms. The SMILES string of the molecule is COC(=O)CC(CNC(=O)OC(C)C)CC(C)C. The number of amides is 1. The van der Waals surface area contributed by atoms with Crippen molar-refractivity contribution >= 4 is 12.1 Å². The topological polar surface area (TPSA) is 64.6 Å². The van der Waals surface area contributed by atoms with Gasteiger partial charge in [-0.3, -0.25) is 4.79 Å². The summed E-state index contributed by atoms with van der Waals surface area (Å²) in [5.74, 6) is 0.291. The highest BCUT2D eigenvalue weighted by Crippen LogP contribution is 2.15. The van der Waals surface area contributed by atoms with E-state index >= 15 is 0 Å². The molecule has 1 unspecified atom stereocenters. The molecule has 0 aromatic carbocycles. The van der Waals surface area contributed by atoms with Crippen LogP contribution in [0.1, 0.15) is 40.5 Å². The highest BCUT2D eigenvalue weighted by atomic mass is 16.6. The van der Waals surface area contributed by atoms with Gasteiger partial charge in [-0.05, 0) is 32.1 Å². The van der Waals surface area contributed by atoms with Crippen molar-refractivity contribution in [1.82, 2.24) is 5.32 Å². The van der Waals surface area contributed by atoms with E-state index in [4.69, 9.17) is 4.74 Å². The third-order valence-corrected chi connectivity index (χ3v) is 2.37. The number of nitrogens with one attached hydrogen (secondary N) is 1. The molecule has 0 aromatic heterocycles. The van der Waals surface area contributed by atoms with Crippen LogP contribution in [0.25, 0.3) is 0 Å². The van der Waals surface area contributed by atoms with Gasteiger partial charge in [0.25, 0.3) is 0 Å². The van der Waals surface area contributed by atoms with Crippen LogP contribution >= 0.6 is 0 Å². The van der Waals surface area contributed by atoms with E-state index in [1.807, 2.05) is 0 Å². The van der Waals surface area contributed by atoms with E-state index in [2.05, 4.69) is 23.9 Å². The second kappa shape index (κ2) is 8.78. The largest absolute Gasteiger partial charge is 0.469 e. The van der Waals surface area contributed by atoms with Gasteiger partial charge in [-0.25, -0.2) is 4.79 Å². The van der Waals surface area contributed by atoms with Gasteiger partial charge in [0.05, 0.1) is 19.6 Å². The molecule has 0 aromatic rings. The minimum absolute atomic E-state index is 0.0807. The second-order valence-electron chi connectivity index (χ2n) is 5.11. The van der Waals surface area contributed by atoms with Crippen molar-refractivity contribution in [3.63, 3.8) is 0 Å². The van der Waals surface area contributed by atoms with Crippen LogP contribution in [-0.4, -0.2) is 31.8 Å². The van der Waals surface area contributed by atoms with Crippen LogP contribution in [0.5, 0.6) is 0 Å². The Kier molecular flexibility index (Phi) is 8.16. The van der Waals surface area contributed by atoms with Crippen molar-refractivity contribution < 1.29 is 19.1 Å². The van der Waals surface area contributed by atoms with E-state index in [-0.39, 0.29) is 18.0 Å². The molecule has 0 heterocycles. The molecule has 0 fully saturated rings. The number of ether oxygens (including phenoxy) is 2. The fourth-order valence-corrected chi connectivity index (χ4v) is 1.71. The third-order valence-electron chi connectivity index (χ3n) is 2.37. The lowest BCUT2D eigenvalue weighted by atomic mass is 9.94. The molecule has 1 amide bonds. The number of esters is 1. The Morgan fingerprint density at radius 3 is 2.22 bits per heavy atom. The van der Waals surface area contributed by atoms with Gasteiger partial charge in [0.1, 0.15) is 0 Å². The molecule has 1 N–H and O–H groups in total. The molecule has 1 atom stereocenters. The molecule has 18 heavy (non-hydrogen) atoms. The van der Waals surface area contributed by atoms with Gasteiger partial charge in [0.2, 0.25) is 0 Å². The summed E-state index contributed by atoms with van der Waals surface area (Å²) >= 11 is 0. The maximum Gasteiger partial charge on any atom is 0.407 e. The van der Waals surface area contributed by atoms with E-state index in [1.54, 1.807) is 13.8 Å². The predicted octanol–water partition coefficient (Wildman–Crippen LogP) is 2.35. The maximum atomic E-state index is 11.3. The smallest absolute Gasteiger partial charge is 0.407 e. The fourth-order valence-electron chi connectivity index (χ4n) is 1.71. The number of alkyl carbamates (subject to hydrolysis) is 1. The maximum absolute atomic E-state index is 11.3. The van der Waals surface area contributed by atoms with Crippen LogP contribution in [0, 0.1) is 11.8 Å². The van der Waals surface area contributed by atoms with Gasteiger partial charge < -0.3 is 14.8 Å². The quantitative estimate of drug-likeness (QED) is 0.713. The lowest BCUT2D eigenvalue weighted by Crippen LogP contribution is -2.33. The van der Waals surface area contributed by atoms with Crippen LogP contribution in [0.15, 0.2) is 0 Å². The molecule has 0 aliphatic rings. The van der Waals surface area contributed by atoms with Gasteiger partial charge >= 0.3 is 12.1 Å². The first kappa shape index (κ1) is 16.7. The summed E-state index contributed by atoms with van der Waals surface area (Å²) in [6.45, 7) is 8.17. The summed E-state index contributed by atoms with van der Waals surface area (Å²) < 4.78 is 9.62. The van der Waals surface area contributed by atoms with Gasteiger partial charge in [-0.2, -0.15) is 0 Å². The summed E-state index contributed by atoms with van der Waals surface area (Å²) in [4.78, 5) is 22.6. The Morgan fingerprint density at radius 2 is 1.78 bits per heavy atom. The molecule has 0 saturated carbocycles. The molecule has 0 aliphatic carbocycles. The number of carbonyl (C=O) groups excluding carboxylic acids is 2. The van der Waals surface area contributed by atoms with Gasteiger partial charge in [-0.1, -0.05) is 13.8 Å². The van der Waals surface area contributed by atoms with Crippen molar-refractivity contribution in [1.29, 1.82) is 0 Å². The minimum atomic E-state index is -0.441. The van der Waals surface area contributed by atoms with E-state index in [0.29, 0.717) is 18.9 Å². The normalized spacial score (nSPS) is 12.4. The Hall–Kier alpha value is -1.26. The summed E-state index contributed by atoms with van der Waals surface area (Å²) in [7, 11) is 1.37. The minimum Gasteiger partial charge on any atom is -0.469 e. The van der Waals surface area contributed by atoms with Crippen LogP contribution < -0.4 is 5.32 Å². The van der Waals surface area contributed by atoms with Crippen molar-refractivity contribution in [2.75, 3.05) is 13.7 Å². The first-order valence-corrected chi connectivity index (χ1v) is 6.36. The molecular weight excluding hydrogens is 234 g/mol. The molecule has 0 rings (SSSR count). The van der Waals surface area contributed by atoms with Crippen LogP contribution in [0.2, 0.25) is 0 Å².